The zero-order chi connectivity index (χ0) is 13.5. The zero-order valence-electron chi connectivity index (χ0n) is 11.7. The van der Waals surface area contributed by atoms with Gasteiger partial charge in [0.1, 0.15) is 0 Å². The molecule has 1 heterocycles. The molecule has 0 bridgehead atoms. The van der Waals surface area contributed by atoms with E-state index < -0.39 is 0 Å². The number of aromatic amines is 1. The molecule has 0 aliphatic rings. The Kier molecular flexibility index (Phi) is 6.49. The molecule has 2 N–H and O–H groups in total. The highest BCUT2D eigenvalue weighted by atomic mass is 32.2. The number of hydrogen-bond acceptors (Lipinski definition) is 4. The molecule has 1 rings (SSSR count). The Hall–Kier alpha value is -0.750. The first-order valence-electron chi connectivity index (χ1n) is 6.69. The van der Waals surface area contributed by atoms with E-state index in [-0.39, 0.29) is 5.69 Å². The van der Waals surface area contributed by atoms with Gasteiger partial charge in [0.05, 0.1) is 0 Å². The number of thioether (sulfide) groups is 1. The molecule has 2 atom stereocenters. The van der Waals surface area contributed by atoms with Crippen LogP contribution in [0.4, 0.5) is 0 Å². The normalized spacial score (nSPS) is 14.7. The average Bonchev–Trinajstić information content (AvgIpc) is 2.70. The third kappa shape index (κ3) is 3.88. The van der Waals surface area contributed by atoms with Gasteiger partial charge in [-0.05, 0) is 26.3 Å². The van der Waals surface area contributed by atoms with Crippen molar-refractivity contribution in [2.24, 2.45) is 0 Å². The van der Waals surface area contributed by atoms with Gasteiger partial charge in [0.25, 0.3) is 0 Å². The molecule has 1 aromatic rings. The Labute approximate surface area is 113 Å². The molecule has 0 fully saturated rings. The molecule has 0 amide bonds. The molecule has 0 saturated carbocycles. The van der Waals surface area contributed by atoms with Crippen LogP contribution >= 0.6 is 11.8 Å². The fourth-order valence-corrected chi connectivity index (χ4v) is 3.12. The Morgan fingerprint density at radius 2 is 2.17 bits per heavy atom. The Bertz CT molecular complexity index is 401. The molecule has 0 radical (unpaired) electrons. The highest BCUT2D eigenvalue weighted by molar-refractivity contribution is 7.99. The lowest BCUT2D eigenvalue weighted by atomic mass is 10.1. The lowest BCUT2D eigenvalue weighted by Crippen LogP contribution is -2.36. The van der Waals surface area contributed by atoms with Crippen LogP contribution in [0.15, 0.2) is 9.95 Å². The largest absolute Gasteiger partial charge is 0.343 e. The van der Waals surface area contributed by atoms with Crippen LogP contribution in [-0.4, -0.2) is 32.6 Å². The van der Waals surface area contributed by atoms with Crippen molar-refractivity contribution in [3.05, 3.63) is 10.5 Å². The van der Waals surface area contributed by atoms with Crippen molar-refractivity contribution < 1.29 is 0 Å². The maximum Gasteiger partial charge on any atom is 0.343 e. The Balaban J connectivity index is 2.67. The minimum atomic E-state index is -0.123. The summed E-state index contributed by atoms with van der Waals surface area (Å²) >= 11 is 1.66. The molecule has 5 nitrogen and oxygen atoms in total. The van der Waals surface area contributed by atoms with Crippen LogP contribution in [-0.2, 0) is 6.54 Å². The number of hydrogen-bond donors (Lipinski definition) is 2. The minimum absolute atomic E-state index is 0.123. The molecule has 0 saturated heterocycles. The molecule has 0 aliphatic carbocycles. The molecular weight excluding hydrogens is 248 g/mol. The smallest absolute Gasteiger partial charge is 0.313 e. The molecular formula is C12H24N4OS. The van der Waals surface area contributed by atoms with E-state index in [4.69, 9.17) is 0 Å². The second-order valence-electron chi connectivity index (χ2n) is 4.35. The second-order valence-corrected chi connectivity index (χ2v) is 5.69. The standard InChI is InChI=1S/C12H24N4OS/c1-5-8-13-10(6-2)9(4)18-12-15-14-11(17)16(12)7-3/h9-10,13H,5-8H2,1-4H3,(H,14,17). The van der Waals surface area contributed by atoms with Gasteiger partial charge in [-0.1, -0.05) is 32.5 Å². The number of aromatic nitrogens is 3. The Morgan fingerprint density at radius 1 is 1.44 bits per heavy atom. The predicted octanol–water partition coefficient (Wildman–Crippen LogP) is 1.85. The number of nitrogens with one attached hydrogen (secondary N) is 2. The molecule has 0 aliphatic heterocycles. The van der Waals surface area contributed by atoms with Crippen LogP contribution in [0, 0.1) is 0 Å². The van der Waals surface area contributed by atoms with Gasteiger partial charge in [0, 0.05) is 17.8 Å². The molecule has 6 heteroatoms. The summed E-state index contributed by atoms with van der Waals surface area (Å²) in [6.45, 7) is 10.2. The van der Waals surface area contributed by atoms with Crippen molar-refractivity contribution in [2.75, 3.05) is 6.54 Å². The van der Waals surface area contributed by atoms with Gasteiger partial charge in [0.15, 0.2) is 5.16 Å². The summed E-state index contributed by atoms with van der Waals surface area (Å²) in [7, 11) is 0. The van der Waals surface area contributed by atoms with Crippen LogP contribution in [0.25, 0.3) is 0 Å². The van der Waals surface area contributed by atoms with Gasteiger partial charge in [0.2, 0.25) is 0 Å². The molecule has 104 valence electrons. The van der Waals surface area contributed by atoms with Crippen molar-refractivity contribution in [1.82, 2.24) is 20.1 Å². The first kappa shape index (κ1) is 15.3. The summed E-state index contributed by atoms with van der Waals surface area (Å²) in [6, 6.07) is 0.451. The maximum atomic E-state index is 11.5. The minimum Gasteiger partial charge on any atom is -0.313 e. The lowest BCUT2D eigenvalue weighted by Gasteiger charge is -2.23. The average molecular weight is 272 g/mol. The van der Waals surface area contributed by atoms with Crippen molar-refractivity contribution in [2.45, 2.75) is 63.5 Å². The molecule has 1 aromatic heterocycles. The van der Waals surface area contributed by atoms with Crippen LogP contribution < -0.4 is 11.0 Å². The monoisotopic (exact) mass is 272 g/mol. The fourth-order valence-electron chi connectivity index (χ4n) is 1.89. The van der Waals surface area contributed by atoms with E-state index in [1.54, 1.807) is 16.3 Å². The number of H-pyrrole nitrogens is 1. The number of rotatable bonds is 8. The van der Waals surface area contributed by atoms with E-state index in [2.05, 4.69) is 36.3 Å². The van der Waals surface area contributed by atoms with E-state index in [1.165, 1.54) is 0 Å². The summed E-state index contributed by atoms with van der Waals surface area (Å²) in [5, 5.41) is 11.3. The van der Waals surface area contributed by atoms with Gasteiger partial charge in [-0.2, -0.15) is 0 Å². The van der Waals surface area contributed by atoms with E-state index in [0.717, 1.165) is 24.5 Å². The quantitative estimate of drug-likeness (QED) is 0.709. The maximum absolute atomic E-state index is 11.5. The summed E-state index contributed by atoms with van der Waals surface area (Å²) in [5.74, 6) is 0. The highest BCUT2D eigenvalue weighted by Gasteiger charge is 2.19. The molecule has 2 unspecified atom stereocenters. The summed E-state index contributed by atoms with van der Waals surface area (Å²) < 4.78 is 1.67. The van der Waals surface area contributed by atoms with E-state index >= 15 is 0 Å². The van der Waals surface area contributed by atoms with Crippen LogP contribution in [0.5, 0.6) is 0 Å². The fraction of sp³-hybridized carbons (Fsp3) is 0.833. The van der Waals surface area contributed by atoms with Gasteiger partial charge >= 0.3 is 5.69 Å². The molecule has 18 heavy (non-hydrogen) atoms. The Morgan fingerprint density at radius 3 is 2.72 bits per heavy atom. The topological polar surface area (TPSA) is 62.7 Å². The first-order chi connectivity index (χ1) is 8.63. The van der Waals surface area contributed by atoms with E-state index in [9.17, 15) is 4.79 Å². The van der Waals surface area contributed by atoms with Gasteiger partial charge in [-0.25, -0.2) is 9.89 Å². The van der Waals surface area contributed by atoms with Crippen molar-refractivity contribution in [1.29, 1.82) is 0 Å². The van der Waals surface area contributed by atoms with Gasteiger partial charge in [-0.15, -0.1) is 5.10 Å². The first-order valence-corrected chi connectivity index (χ1v) is 7.57. The predicted molar refractivity (Wildman–Crippen MR) is 76.2 cm³/mol. The highest BCUT2D eigenvalue weighted by Crippen LogP contribution is 2.23. The van der Waals surface area contributed by atoms with Crippen molar-refractivity contribution in [3.8, 4) is 0 Å². The lowest BCUT2D eigenvalue weighted by molar-refractivity contribution is 0.492. The molecule has 0 spiro atoms. The summed E-state index contributed by atoms with van der Waals surface area (Å²) in [4.78, 5) is 11.5. The van der Waals surface area contributed by atoms with Crippen LogP contribution in [0.3, 0.4) is 0 Å². The summed E-state index contributed by atoms with van der Waals surface area (Å²) in [5.41, 5.74) is -0.123. The summed E-state index contributed by atoms with van der Waals surface area (Å²) in [6.07, 6.45) is 2.21. The SMILES string of the molecule is CCCNC(CC)C(C)Sc1n[nH]c(=O)n1CC. The third-order valence-corrected chi connectivity index (χ3v) is 4.22. The van der Waals surface area contributed by atoms with Crippen molar-refractivity contribution in [3.63, 3.8) is 0 Å². The van der Waals surface area contributed by atoms with E-state index in [1.807, 2.05) is 6.92 Å². The van der Waals surface area contributed by atoms with Gasteiger partial charge in [-0.3, -0.25) is 4.57 Å². The van der Waals surface area contributed by atoms with E-state index in [0.29, 0.717) is 17.8 Å². The van der Waals surface area contributed by atoms with Crippen LogP contribution in [0.2, 0.25) is 0 Å². The van der Waals surface area contributed by atoms with Gasteiger partial charge < -0.3 is 5.32 Å². The number of nitrogens with zero attached hydrogens (tertiary/aromatic N) is 2. The third-order valence-electron chi connectivity index (χ3n) is 2.99. The van der Waals surface area contributed by atoms with Crippen LogP contribution in [0.1, 0.15) is 40.5 Å². The van der Waals surface area contributed by atoms with Crippen molar-refractivity contribution >= 4 is 11.8 Å². The molecule has 0 aromatic carbocycles. The zero-order valence-corrected chi connectivity index (χ0v) is 12.5. The second kappa shape index (κ2) is 7.63.